The predicted molar refractivity (Wildman–Crippen MR) is 74.1 cm³/mol. The number of hydrogen-bond acceptors (Lipinski definition) is 2. The summed E-state index contributed by atoms with van der Waals surface area (Å²) in [6.45, 7) is 3.01. The van der Waals surface area contributed by atoms with Crippen LogP contribution in [-0.4, -0.2) is 12.7 Å². The van der Waals surface area contributed by atoms with E-state index < -0.39 is 0 Å². The maximum atomic E-state index is 6.17. The molecule has 2 rings (SSSR count). The molecular formula is C11H13BrCl2OS. The summed E-state index contributed by atoms with van der Waals surface area (Å²) in [6, 6.07) is 1.96. The van der Waals surface area contributed by atoms with E-state index in [1.54, 1.807) is 0 Å². The first-order valence-corrected chi connectivity index (χ1v) is 7.82. The zero-order valence-electron chi connectivity index (χ0n) is 8.88. The molecule has 3 atom stereocenters. The van der Waals surface area contributed by atoms with Crippen molar-refractivity contribution in [3.05, 3.63) is 20.3 Å². The van der Waals surface area contributed by atoms with Crippen molar-refractivity contribution < 1.29 is 4.74 Å². The van der Waals surface area contributed by atoms with Gasteiger partial charge in [-0.2, -0.15) is 0 Å². The van der Waals surface area contributed by atoms with Crippen LogP contribution in [0.2, 0.25) is 8.67 Å². The molecule has 1 aromatic rings. The highest BCUT2D eigenvalue weighted by atomic mass is 79.9. The standard InChI is InChI=1S/C11H13BrCl2OS/c1-2-8-6(3-4-15-8)10(12)7-5-9(13)16-11(7)14/h5-6,8,10H,2-4H2,1H3. The minimum absolute atomic E-state index is 0.246. The first-order valence-electron chi connectivity index (χ1n) is 5.34. The summed E-state index contributed by atoms with van der Waals surface area (Å²) in [5, 5.41) is 0. The van der Waals surface area contributed by atoms with E-state index in [0.717, 1.165) is 33.7 Å². The Balaban J connectivity index is 2.18. The lowest BCUT2D eigenvalue weighted by Crippen LogP contribution is -2.18. The average molecular weight is 344 g/mol. The molecule has 90 valence electrons. The van der Waals surface area contributed by atoms with Crippen molar-refractivity contribution in [2.24, 2.45) is 5.92 Å². The van der Waals surface area contributed by atoms with Gasteiger partial charge in [-0.1, -0.05) is 46.1 Å². The van der Waals surface area contributed by atoms with Crippen molar-refractivity contribution in [3.63, 3.8) is 0 Å². The second-order valence-electron chi connectivity index (χ2n) is 3.95. The highest BCUT2D eigenvalue weighted by molar-refractivity contribution is 9.09. The number of alkyl halides is 1. The van der Waals surface area contributed by atoms with Gasteiger partial charge in [0.15, 0.2) is 0 Å². The minimum Gasteiger partial charge on any atom is -0.378 e. The lowest BCUT2D eigenvalue weighted by atomic mass is 9.93. The minimum atomic E-state index is 0.246. The van der Waals surface area contributed by atoms with Gasteiger partial charge in [0.1, 0.15) is 0 Å². The summed E-state index contributed by atoms with van der Waals surface area (Å²) in [5.74, 6) is 0.494. The summed E-state index contributed by atoms with van der Waals surface area (Å²) >= 11 is 17.3. The van der Waals surface area contributed by atoms with Crippen LogP contribution in [0.15, 0.2) is 6.07 Å². The highest BCUT2D eigenvalue weighted by Gasteiger charge is 2.34. The van der Waals surface area contributed by atoms with Crippen LogP contribution in [0.1, 0.15) is 30.2 Å². The number of ether oxygens (including phenoxy) is 1. The van der Waals surface area contributed by atoms with E-state index in [-0.39, 0.29) is 4.83 Å². The van der Waals surface area contributed by atoms with Gasteiger partial charge in [-0.3, -0.25) is 0 Å². The maximum absolute atomic E-state index is 6.17. The fourth-order valence-electron chi connectivity index (χ4n) is 2.19. The molecule has 1 fully saturated rings. The Hall–Kier alpha value is 0.720. The molecule has 0 aliphatic carbocycles. The van der Waals surface area contributed by atoms with E-state index in [1.165, 1.54) is 11.3 Å². The van der Waals surface area contributed by atoms with Gasteiger partial charge >= 0.3 is 0 Å². The Labute approximate surface area is 118 Å². The van der Waals surface area contributed by atoms with E-state index >= 15 is 0 Å². The summed E-state index contributed by atoms with van der Waals surface area (Å²) in [7, 11) is 0. The molecule has 5 heteroatoms. The van der Waals surface area contributed by atoms with Gasteiger partial charge in [0.25, 0.3) is 0 Å². The smallest absolute Gasteiger partial charge is 0.0987 e. The van der Waals surface area contributed by atoms with Crippen LogP contribution in [0, 0.1) is 5.92 Å². The molecule has 1 saturated heterocycles. The molecule has 0 spiro atoms. The first kappa shape index (κ1) is 13.2. The second kappa shape index (κ2) is 5.57. The summed E-state index contributed by atoms with van der Waals surface area (Å²) in [5.41, 5.74) is 1.10. The van der Waals surface area contributed by atoms with E-state index in [9.17, 15) is 0 Å². The van der Waals surface area contributed by atoms with Crippen LogP contribution in [0.3, 0.4) is 0 Å². The van der Waals surface area contributed by atoms with Gasteiger partial charge in [-0.25, -0.2) is 0 Å². The number of rotatable bonds is 3. The molecule has 0 saturated carbocycles. The highest BCUT2D eigenvalue weighted by Crippen LogP contribution is 2.46. The van der Waals surface area contributed by atoms with Crippen LogP contribution in [0.5, 0.6) is 0 Å². The Morgan fingerprint density at radius 3 is 2.94 bits per heavy atom. The Morgan fingerprint density at radius 1 is 1.62 bits per heavy atom. The monoisotopic (exact) mass is 342 g/mol. The molecule has 1 aromatic heterocycles. The number of thiophene rings is 1. The Morgan fingerprint density at radius 2 is 2.38 bits per heavy atom. The molecule has 1 nitrogen and oxygen atoms in total. The Bertz CT molecular complexity index is 369. The van der Waals surface area contributed by atoms with E-state index in [2.05, 4.69) is 22.9 Å². The molecule has 0 N–H and O–H groups in total. The van der Waals surface area contributed by atoms with Gasteiger partial charge < -0.3 is 4.74 Å². The molecule has 2 heterocycles. The zero-order chi connectivity index (χ0) is 11.7. The van der Waals surface area contributed by atoms with Crippen molar-refractivity contribution in [3.8, 4) is 0 Å². The van der Waals surface area contributed by atoms with E-state index in [4.69, 9.17) is 27.9 Å². The lowest BCUT2D eigenvalue weighted by molar-refractivity contribution is 0.0873. The Kier molecular flexibility index (Phi) is 4.58. The third-order valence-corrected chi connectivity index (χ3v) is 5.71. The normalized spacial score (nSPS) is 27.2. The fraction of sp³-hybridized carbons (Fsp3) is 0.636. The summed E-state index contributed by atoms with van der Waals surface area (Å²) < 4.78 is 7.23. The van der Waals surface area contributed by atoms with E-state index in [0.29, 0.717) is 12.0 Å². The molecule has 1 aliphatic heterocycles. The summed E-state index contributed by atoms with van der Waals surface area (Å²) in [4.78, 5) is 0.246. The van der Waals surface area contributed by atoms with Crippen molar-refractivity contribution in [2.45, 2.75) is 30.7 Å². The molecule has 16 heavy (non-hydrogen) atoms. The maximum Gasteiger partial charge on any atom is 0.0987 e. The van der Waals surface area contributed by atoms with Gasteiger partial charge in [0.05, 0.1) is 14.8 Å². The van der Waals surface area contributed by atoms with Crippen molar-refractivity contribution in [1.82, 2.24) is 0 Å². The second-order valence-corrected chi connectivity index (χ2v) is 7.22. The first-order chi connectivity index (χ1) is 7.63. The molecule has 0 aromatic carbocycles. The van der Waals surface area contributed by atoms with Crippen LogP contribution < -0.4 is 0 Å². The summed E-state index contributed by atoms with van der Waals surface area (Å²) in [6.07, 6.45) is 2.46. The molecule has 0 bridgehead atoms. The van der Waals surface area contributed by atoms with Crippen LogP contribution in [0.25, 0.3) is 0 Å². The van der Waals surface area contributed by atoms with E-state index in [1.807, 2.05) is 6.07 Å². The molecule has 3 unspecified atom stereocenters. The third kappa shape index (κ3) is 2.59. The zero-order valence-corrected chi connectivity index (χ0v) is 12.8. The SMILES string of the molecule is CCC1OCCC1C(Br)c1cc(Cl)sc1Cl. The van der Waals surface area contributed by atoms with Gasteiger partial charge in [-0.05, 0) is 24.5 Å². The van der Waals surface area contributed by atoms with Crippen LogP contribution >= 0.6 is 50.5 Å². The number of hydrogen-bond donors (Lipinski definition) is 0. The number of halogens is 3. The van der Waals surface area contributed by atoms with Gasteiger partial charge in [-0.15, -0.1) is 11.3 Å². The third-order valence-electron chi connectivity index (χ3n) is 3.02. The van der Waals surface area contributed by atoms with Crippen LogP contribution in [0.4, 0.5) is 0 Å². The van der Waals surface area contributed by atoms with Crippen LogP contribution in [-0.2, 0) is 4.74 Å². The molecule has 0 radical (unpaired) electrons. The molecule has 1 aliphatic rings. The van der Waals surface area contributed by atoms with Crippen molar-refractivity contribution in [2.75, 3.05) is 6.61 Å². The molecule has 0 amide bonds. The average Bonchev–Trinajstić information content (AvgIpc) is 2.83. The largest absolute Gasteiger partial charge is 0.378 e. The predicted octanol–water partition coefficient (Wildman–Crippen LogP) is 5.31. The lowest BCUT2D eigenvalue weighted by Gasteiger charge is -2.22. The van der Waals surface area contributed by atoms with Crippen molar-refractivity contribution in [1.29, 1.82) is 0 Å². The topological polar surface area (TPSA) is 9.23 Å². The quantitative estimate of drug-likeness (QED) is 0.676. The van der Waals surface area contributed by atoms with Gasteiger partial charge in [0.2, 0.25) is 0 Å². The van der Waals surface area contributed by atoms with Gasteiger partial charge in [0, 0.05) is 17.4 Å². The molecular weight excluding hydrogens is 331 g/mol. The van der Waals surface area contributed by atoms with Crippen molar-refractivity contribution >= 4 is 50.5 Å². The fourth-order valence-corrected chi connectivity index (χ4v) is 4.99.